The van der Waals surface area contributed by atoms with Crippen LogP contribution >= 0.6 is 23.2 Å². The highest BCUT2D eigenvalue weighted by molar-refractivity contribution is 6.35. The molecule has 0 spiro atoms. The molecule has 82 valence electrons. The van der Waals surface area contributed by atoms with Gasteiger partial charge in [0.25, 0.3) is 0 Å². The zero-order chi connectivity index (χ0) is 11.4. The molecule has 0 aliphatic heterocycles. The predicted molar refractivity (Wildman–Crippen MR) is 64.3 cm³/mol. The van der Waals surface area contributed by atoms with Crippen molar-refractivity contribution in [3.8, 4) is 0 Å². The third-order valence-corrected chi connectivity index (χ3v) is 2.41. The summed E-state index contributed by atoms with van der Waals surface area (Å²) in [5.74, 6) is -0.580. The van der Waals surface area contributed by atoms with Gasteiger partial charge in [0.2, 0.25) is 0 Å². The van der Waals surface area contributed by atoms with Crippen LogP contribution in [0.4, 0.5) is 10.1 Å². The minimum Gasteiger partial charge on any atom is -0.385 e. The summed E-state index contributed by atoms with van der Waals surface area (Å²) < 4.78 is 13.1. The molecule has 0 fully saturated rings. The Balaban J connectivity index is 2.66. The van der Waals surface area contributed by atoms with Crippen molar-refractivity contribution in [1.29, 1.82) is 0 Å². The summed E-state index contributed by atoms with van der Waals surface area (Å²) in [6.07, 6.45) is 0.854. The van der Waals surface area contributed by atoms with Gasteiger partial charge in [0.05, 0.1) is 10.0 Å². The van der Waals surface area contributed by atoms with Crippen LogP contribution in [0.3, 0.4) is 0 Å². The van der Waals surface area contributed by atoms with Crippen LogP contribution in [0.2, 0.25) is 10.0 Å². The molecule has 0 heterocycles. The van der Waals surface area contributed by atoms with Gasteiger partial charge in [0.1, 0.15) is 0 Å². The Kier molecular flexibility index (Phi) is 4.43. The maximum absolute atomic E-state index is 13.1. The van der Waals surface area contributed by atoms with Crippen LogP contribution in [0.15, 0.2) is 24.3 Å². The number of hydrogen-bond donors (Lipinski definition) is 1. The molecule has 0 aliphatic carbocycles. The standard InChI is InChI=1S/C11H12Cl2FN/c1-7(2)3-4-15-8-5-9(12)11(14)10(13)6-8/h5-6,15H,1,3-4H2,2H3. The van der Waals surface area contributed by atoms with Crippen LogP contribution < -0.4 is 5.32 Å². The van der Waals surface area contributed by atoms with Crippen LogP contribution in [0, 0.1) is 5.82 Å². The Labute approximate surface area is 98.9 Å². The van der Waals surface area contributed by atoms with Gasteiger partial charge in [-0.25, -0.2) is 4.39 Å². The number of halogens is 3. The van der Waals surface area contributed by atoms with Crippen LogP contribution in [-0.4, -0.2) is 6.54 Å². The van der Waals surface area contributed by atoms with E-state index in [2.05, 4.69) is 11.9 Å². The maximum Gasteiger partial charge on any atom is 0.160 e. The second-order valence-corrected chi connectivity index (χ2v) is 4.20. The van der Waals surface area contributed by atoms with Gasteiger partial charge in [-0.15, -0.1) is 6.58 Å². The predicted octanol–water partition coefficient (Wildman–Crippen LogP) is 4.51. The van der Waals surface area contributed by atoms with Gasteiger partial charge in [-0.2, -0.15) is 0 Å². The lowest BCUT2D eigenvalue weighted by Crippen LogP contribution is -2.02. The molecule has 1 N–H and O–H groups in total. The Bertz CT molecular complexity index is 354. The summed E-state index contributed by atoms with van der Waals surface area (Å²) in [4.78, 5) is 0. The number of hydrogen-bond acceptors (Lipinski definition) is 1. The molecule has 0 bridgehead atoms. The second kappa shape index (κ2) is 5.38. The topological polar surface area (TPSA) is 12.0 Å². The van der Waals surface area contributed by atoms with E-state index in [9.17, 15) is 4.39 Å². The molecule has 0 unspecified atom stereocenters. The fourth-order valence-electron chi connectivity index (χ4n) is 1.08. The fraction of sp³-hybridized carbons (Fsp3) is 0.273. The highest BCUT2D eigenvalue weighted by Gasteiger charge is 2.06. The third kappa shape index (κ3) is 3.73. The van der Waals surface area contributed by atoms with E-state index in [0.29, 0.717) is 5.69 Å². The quantitative estimate of drug-likeness (QED) is 0.610. The van der Waals surface area contributed by atoms with E-state index >= 15 is 0 Å². The van der Waals surface area contributed by atoms with Crippen molar-refractivity contribution in [2.45, 2.75) is 13.3 Å². The SMILES string of the molecule is C=C(C)CCNc1cc(Cl)c(F)c(Cl)c1. The van der Waals surface area contributed by atoms with Gasteiger partial charge < -0.3 is 5.32 Å². The smallest absolute Gasteiger partial charge is 0.160 e. The first kappa shape index (κ1) is 12.3. The van der Waals surface area contributed by atoms with Crippen LogP contribution in [-0.2, 0) is 0 Å². The first-order valence-corrected chi connectivity index (χ1v) is 5.29. The summed E-state index contributed by atoms with van der Waals surface area (Å²) in [6, 6.07) is 3.03. The van der Waals surface area contributed by atoms with E-state index in [-0.39, 0.29) is 10.0 Å². The van der Waals surface area contributed by atoms with Gasteiger partial charge in [0.15, 0.2) is 5.82 Å². The Morgan fingerprint density at radius 1 is 1.40 bits per heavy atom. The van der Waals surface area contributed by atoms with Crippen molar-refractivity contribution in [3.05, 3.63) is 40.1 Å². The van der Waals surface area contributed by atoms with Crippen LogP contribution in [0.25, 0.3) is 0 Å². The van der Waals surface area contributed by atoms with Gasteiger partial charge in [-0.05, 0) is 25.5 Å². The lowest BCUT2D eigenvalue weighted by atomic mass is 10.2. The van der Waals surface area contributed by atoms with Crippen molar-refractivity contribution in [2.75, 3.05) is 11.9 Å². The molecular weight excluding hydrogens is 236 g/mol. The van der Waals surface area contributed by atoms with Crippen molar-refractivity contribution in [2.24, 2.45) is 0 Å². The highest BCUT2D eigenvalue weighted by Crippen LogP contribution is 2.27. The van der Waals surface area contributed by atoms with Gasteiger partial charge in [-0.1, -0.05) is 28.8 Å². The van der Waals surface area contributed by atoms with Crippen molar-refractivity contribution < 1.29 is 4.39 Å². The molecule has 0 atom stereocenters. The number of anilines is 1. The Hall–Kier alpha value is -0.730. The molecule has 15 heavy (non-hydrogen) atoms. The maximum atomic E-state index is 13.1. The molecular formula is C11H12Cl2FN. The highest BCUT2D eigenvalue weighted by atomic mass is 35.5. The van der Waals surface area contributed by atoms with Crippen molar-refractivity contribution >= 4 is 28.9 Å². The average Bonchev–Trinajstić information content (AvgIpc) is 2.13. The monoisotopic (exact) mass is 247 g/mol. The largest absolute Gasteiger partial charge is 0.385 e. The molecule has 0 aromatic heterocycles. The number of nitrogens with one attached hydrogen (secondary N) is 1. The second-order valence-electron chi connectivity index (χ2n) is 3.39. The first-order chi connectivity index (χ1) is 7.00. The fourth-order valence-corrected chi connectivity index (χ4v) is 1.56. The summed E-state index contributed by atoms with van der Waals surface area (Å²) in [7, 11) is 0. The summed E-state index contributed by atoms with van der Waals surface area (Å²) in [5.41, 5.74) is 1.80. The Morgan fingerprint density at radius 3 is 2.40 bits per heavy atom. The minimum absolute atomic E-state index is 0.0281. The van der Waals surface area contributed by atoms with E-state index in [1.165, 1.54) is 12.1 Å². The van der Waals surface area contributed by atoms with Gasteiger partial charge in [-0.3, -0.25) is 0 Å². The molecule has 0 saturated heterocycles. The van der Waals surface area contributed by atoms with Gasteiger partial charge in [0, 0.05) is 12.2 Å². The minimum atomic E-state index is -0.580. The van der Waals surface area contributed by atoms with Crippen LogP contribution in [0.5, 0.6) is 0 Å². The first-order valence-electron chi connectivity index (χ1n) is 4.53. The molecule has 0 saturated carbocycles. The molecule has 1 aromatic carbocycles. The van der Waals surface area contributed by atoms with E-state index in [0.717, 1.165) is 18.5 Å². The molecule has 1 nitrogen and oxygen atoms in total. The van der Waals surface area contributed by atoms with E-state index in [1.54, 1.807) is 0 Å². The molecule has 4 heteroatoms. The lowest BCUT2D eigenvalue weighted by Gasteiger charge is -2.07. The van der Waals surface area contributed by atoms with E-state index in [4.69, 9.17) is 23.2 Å². The van der Waals surface area contributed by atoms with Crippen molar-refractivity contribution in [3.63, 3.8) is 0 Å². The van der Waals surface area contributed by atoms with Crippen LogP contribution in [0.1, 0.15) is 13.3 Å². The zero-order valence-electron chi connectivity index (χ0n) is 8.41. The lowest BCUT2D eigenvalue weighted by molar-refractivity contribution is 0.629. The molecule has 0 radical (unpaired) electrons. The molecule has 1 rings (SSSR count). The summed E-state index contributed by atoms with van der Waals surface area (Å²) >= 11 is 11.3. The number of benzene rings is 1. The van der Waals surface area contributed by atoms with E-state index < -0.39 is 5.82 Å². The summed E-state index contributed by atoms with van der Waals surface area (Å²) in [6.45, 7) is 6.46. The molecule has 1 aromatic rings. The third-order valence-electron chi connectivity index (χ3n) is 1.86. The van der Waals surface area contributed by atoms with E-state index in [1.807, 2.05) is 6.92 Å². The zero-order valence-corrected chi connectivity index (χ0v) is 9.92. The molecule has 0 amide bonds. The van der Waals surface area contributed by atoms with Crippen molar-refractivity contribution in [1.82, 2.24) is 0 Å². The molecule has 0 aliphatic rings. The number of rotatable bonds is 4. The summed E-state index contributed by atoms with van der Waals surface area (Å²) in [5, 5.41) is 3.14. The average molecular weight is 248 g/mol. The van der Waals surface area contributed by atoms with Gasteiger partial charge >= 0.3 is 0 Å². The Morgan fingerprint density at radius 2 is 1.93 bits per heavy atom. The normalized spacial score (nSPS) is 10.1.